The van der Waals surface area contributed by atoms with Crippen molar-refractivity contribution in [3.8, 4) is 0 Å². The van der Waals surface area contributed by atoms with Crippen LogP contribution in [-0.4, -0.2) is 56.4 Å². The van der Waals surface area contributed by atoms with Gasteiger partial charge in [0.15, 0.2) is 0 Å². The van der Waals surface area contributed by atoms with Gasteiger partial charge in [0.2, 0.25) is 10.0 Å². The molecule has 0 spiro atoms. The molecule has 1 rings (SSSR count). The molecule has 6 heteroatoms. The van der Waals surface area contributed by atoms with Crippen LogP contribution in [0.1, 0.15) is 34.1 Å². The second-order valence-electron chi connectivity index (χ2n) is 5.50. The van der Waals surface area contributed by atoms with Crippen LogP contribution in [0.5, 0.6) is 0 Å². The Balaban J connectivity index is 2.72. The van der Waals surface area contributed by atoms with Crippen LogP contribution in [0.2, 0.25) is 0 Å². The van der Waals surface area contributed by atoms with Gasteiger partial charge in [-0.25, -0.2) is 8.42 Å². The van der Waals surface area contributed by atoms with Gasteiger partial charge in [-0.3, -0.25) is 0 Å². The Labute approximate surface area is 111 Å². The van der Waals surface area contributed by atoms with E-state index in [0.29, 0.717) is 26.3 Å². The summed E-state index contributed by atoms with van der Waals surface area (Å²) in [4.78, 5) is 0. The summed E-state index contributed by atoms with van der Waals surface area (Å²) in [6.07, 6.45) is 1.01. The Morgan fingerprint density at radius 3 is 2.67 bits per heavy atom. The van der Waals surface area contributed by atoms with E-state index in [1.807, 2.05) is 13.8 Å². The minimum Gasteiger partial charge on any atom is -0.378 e. The molecule has 1 N–H and O–H groups in total. The smallest absolute Gasteiger partial charge is 0.218 e. The number of hydrogen-bond acceptors (Lipinski definition) is 4. The van der Waals surface area contributed by atoms with Gasteiger partial charge in [-0.1, -0.05) is 6.92 Å². The maximum absolute atomic E-state index is 12.5. The molecule has 0 aromatic rings. The van der Waals surface area contributed by atoms with Crippen molar-refractivity contribution in [1.29, 1.82) is 0 Å². The predicted molar refractivity (Wildman–Crippen MR) is 73.1 cm³/mol. The molecule has 1 fully saturated rings. The van der Waals surface area contributed by atoms with Crippen LogP contribution in [0.3, 0.4) is 0 Å². The van der Waals surface area contributed by atoms with Crippen LogP contribution in [-0.2, 0) is 14.8 Å². The van der Waals surface area contributed by atoms with Crippen molar-refractivity contribution in [3.05, 3.63) is 0 Å². The average molecular weight is 278 g/mol. The van der Waals surface area contributed by atoms with E-state index in [-0.39, 0.29) is 0 Å². The van der Waals surface area contributed by atoms with Crippen molar-refractivity contribution < 1.29 is 13.2 Å². The lowest BCUT2D eigenvalue weighted by molar-refractivity contribution is -0.00809. The third-order valence-corrected chi connectivity index (χ3v) is 5.72. The lowest BCUT2D eigenvalue weighted by Crippen LogP contribution is -2.58. The highest BCUT2D eigenvalue weighted by molar-refractivity contribution is 7.89. The lowest BCUT2D eigenvalue weighted by Gasteiger charge is -2.42. The van der Waals surface area contributed by atoms with Gasteiger partial charge >= 0.3 is 0 Å². The number of ether oxygens (including phenoxy) is 1. The van der Waals surface area contributed by atoms with E-state index in [9.17, 15) is 8.42 Å². The van der Waals surface area contributed by atoms with Crippen LogP contribution in [0.25, 0.3) is 0 Å². The van der Waals surface area contributed by atoms with Gasteiger partial charge < -0.3 is 10.1 Å². The summed E-state index contributed by atoms with van der Waals surface area (Å²) in [7, 11) is -3.26. The molecule has 0 amide bonds. The van der Waals surface area contributed by atoms with Gasteiger partial charge in [0.05, 0.1) is 24.0 Å². The van der Waals surface area contributed by atoms with E-state index < -0.39 is 20.8 Å². The molecular weight excluding hydrogens is 252 g/mol. The fraction of sp³-hybridized carbons (Fsp3) is 1.00. The zero-order valence-electron chi connectivity index (χ0n) is 11.9. The Morgan fingerprint density at radius 1 is 1.44 bits per heavy atom. The summed E-state index contributed by atoms with van der Waals surface area (Å²) >= 11 is 0. The predicted octanol–water partition coefficient (Wildman–Crippen LogP) is 0.815. The monoisotopic (exact) mass is 278 g/mol. The fourth-order valence-electron chi connectivity index (χ4n) is 2.12. The molecule has 1 heterocycles. The fourth-order valence-corrected chi connectivity index (χ4v) is 3.95. The highest BCUT2D eigenvalue weighted by Gasteiger charge is 2.41. The number of rotatable bonds is 6. The number of nitrogens with one attached hydrogen (secondary N) is 1. The molecule has 1 saturated heterocycles. The first-order valence-corrected chi connectivity index (χ1v) is 8.13. The van der Waals surface area contributed by atoms with E-state index >= 15 is 0 Å². The zero-order valence-corrected chi connectivity index (χ0v) is 12.7. The van der Waals surface area contributed by atoms with E-state index in [2.05, 4.69) is 12.2 Å². The quantitative estimate of drug-likeness (QED) is 0.731. The largest absolute Gasteiger partial charge is 0.378 e. The average Bonchev–Trinajstić information content (AvgIpc) is 2.28. The maximum Gasteiger partial charge on any atom is 0.218 e. The van der Waals surface area contributed by atoms with Crippen LogP contribution in [0.15, 0.2) is 0 Å². The molecule has 1 aliphatic rings. The van der Waals surface area contributed by atoms with Crippen molar-refractivity contribution in [2.75, 3.05) is 32.8 Å². The van der Waals surface area contributed by atoms with Gasteiger partial charge in [0.25, 0.3) is 0 Å². The summed E-state index contributed by atoms with van der Waals surface area (Å²) in [5, 5.41) is 2.77. The number of nitrogens with zero attached hydrogens (tertiary/aromatic N) is 1. The molecule has 1 unspecified atom stereocenters. The summed E-state index contributed by atoms with van der Waals surface area (Å²) < 4.78 is 32.0. The van der Waals surface area contributed by atoms with E-state index in [0.717, 1.165) is 13.0 Å². The van der Waals surface area contributed by atoms with Gasteiger partial charge in [-0.15, -0.1) is 0 Å². The minimum atomic E-state index is -3.26. The van der Waals surface area contributed by atoms with E-state index in [1.165, 1.54) is 0 Å². The molecule has 1 aliphatic heterocycles. The molecule has 0 aliphatic carbocycles. The first-order chi connectivity index (χ1) is 8.32. The standard InChI is InChI=1S/C12H26N2O3S/c1-5-6-13-9-11(2)18(15,16)14-7-8-17-10-12(14,3)4/h11,13H,5-10H2,1-4H3. The Bertz CT molecular complexity index is 354. The van der Waals surface area contributed by atoms with Crippen molar-refractivity contribution in [1.82, 2.24) is 9.62 Å². The van der Waals surface area contributed by atoms with Crippen LogP contribution in [0.4, 0.5) is 0 Å². The molecule has 0 bridgehead atoms. The van der Waals surface area contributed by atoms with Crippen molar-refractivity contribution in [2.45, 2.75) is 44.9 Å². The van der Waals surface area contributed by atoms with E-state index in [1.54, 1.807) is 11.2 Å². The Morgan fingerprint density at radius 2 is 2.11 bits per heavy atom. The highest BCUT2D eigenvalue weighted by Crippen LogP contribution is 2.24. The second-order valence-corrected chi connectivity index (χ2v) is 7.77. The zero-order chi connectivity index (χ0) is 13.8. The van der Waals surface area contributed by atoms with Crippen LogP contribution < -0.4 is 5.32 Å². The molecule has 108 valence electrons. The van der Waals surface area contributed by atoms with Crippen LogP contribution in [0, 0.1) is 0 Å². The lowest BCUT2D eigenvalue weighted by atomic mass is 10.1. The van der Waals surface area contributed by atoms with Crippen molar-refractivity contribution in [2.24, 2.45) is 0 Å². The van der Waals surface area contributed by atoms with E-state index in [4.69, 9.17) is 4.74 Å². The third kappa shape index (κ3) is 3.66. The second kappa shape index (κ2) is 6.32. The van der Waals surface area contributed by atoms with Crippen LogP contribution >= 0.6 is 0 Å². The van der Waals surface area contributed by atoms with Gasteiger partial charge in [-0.2, -0.15) is 4.31 Å². The van der Waals surface area contributed by atoms with Gasteiger partial charge in [0, 0.05) is 13.1 Å². The van der Waals surface area contributed by atoms with Crippen molar-refractivity contribution >= 4 is 10.0 Å². The molecule has 0 aromatic heterocycles. The number of morpholine rings is 1. The van der Waals surface area contributed by atoms with Gasteiger partial charge in [-0.05, 0) is 33.7 Å². The SMILES string of the molecule is CCCNCC(C)S(=O)(=O)N1CCOCC1(C)C. The minimum absolute atomic E-state index is 0.401. The molecule has 0 radical (unpaired) electrons. The molecule has 18 heavy (non-hydrogen) atoms. The number of sulfonamides is 1. The molecule has 0 saturated carbocycles. The first kappa shape index (κ1) is 15.9. The molecular formula is C12H26N2O3S. The first-order valence-electron chi connectivity index (χ1n) is 6.62. The summed E-state index contributed by atoms with van der Waals surface area (Å²) in [5.74, 6) is 0. The molecule has 0 aromatic carbocycles. The normalized spacial score (nSPS) is 22.9. The summed E-state index contributed by atoms with van der Waals surface area (Å²) in [6.45, 7) is 10.4. The molecule has 1 atom stereocenters. The van der Waals surface area contributed by atoms with Crippen molar-refractivity contribution in [3.63, 3.8) is 0 Å². The Hall–Kier alpha value is -0.170. The summed E-state index contributed by atoms with van der Waals surface area (Å²) in [5.41, 5.74) is -0.448. The Kier molecular flexibility index (Phi) is 5.58. The topological polar surface area (TPSA) is 58.6 Å². The molecule has 5 nitrogen and oxygen atoms in total. The summed E-state index contributed by atoms with van der Waals surface area (Å²) in [6, 6.07) is 0. The number of hydrogen-bond donors (Lipinski definition) is 1. The highest BCUT2D eigenvalue weighted by atomic mass is 32.2. The van der Waals surface area contributed by atoms with Gasteiger partial charge in [0.1, 0.15) is 0 Å². The maximum atomic E-state index is 12.5. The third-order valence-electron chi connectivity index (χ3n) is 3.24.